The molecule has 1 aromatic carbocycles. The number of nitrogens with one attached hydrogen (secondary N) is 1. The zero-order valence-electron chi connectivity index (χ0n) is 25.8. The summed E-state index contributed by atoms with van der Waals surface area (Å²) in [6.45, 7) is 9.48. The highest BCUT2D eigenvalue weighted by molar-refractivity contribution is 6.24. The number of aliphatic hydroxyl groups is 3. The van der Waals surface area contributed by atoms with Crippen molar-refractivity contribution in [2.24, 2.45) is 23.0 Å². The largest absolute Gasteiger partial charge is 0.508 e. The standard InChI is InChI=1S/C31H40F3N3O7/c1-28(2,3)12-29(4,5)36-11-14-10-17(38)19-15(21(14)31(32,33)34)8-13-9-16-22(37(6)7)24(40)20(27(35)43)26(42)30(16,44)25(41)18(13)23(19)39/h10,13,16,22,36,38-39,42,44H,8-9,11-12H2,1-7H3,(H2,35,43)/t13-,16-,22-,30-/m0/s1. The van der Waals surface area contributed by atoms with Gasteiger partial charge in [-0.3, -0.25) is 19.3 Å². The number of phenols is 1. The zero-order valence-corrected chi connectivity index (χ0v) is 25.8. The van der Waals surface area contributed by atoms with Gasteiger partial charge in [-0.1, -0.05) is 20.8 Å². The lowest BCUT2D eigenvalue weighted by Crippen LogP contribution is -2.65. The average molecular weight is 624 g/mol. The number of amides is 1. The SMILES string of the molecule is CN(C)[C@@H]1C(=O)C(C(N)=O)=C(O)[C@@]2(O)C(=O)C3=C(O)c4c(O)cc(CNC(C)(C)CC(C)(C)C)c(C(F)(F)F)c4C[C@H]3C[C@@H]12. The fourth-order valence-electron chi connectivity index (χ4n) is 7.60. The van der Waals surface area contributed by atoms with Crippen molar-refractivity contribution in [2.75, 3.05) is 14.1 Å². The molecule has 0 saturated heterocycles. The molecule has 3 aliphatic rings. The zero-order chi connectivity index (χ0) is 33.5. The van der Waals surface area contributed by atoms with Crippen LogP contribution in [-0.2, 0) is 33.5 Å². The number of rotatable bonds is 6. The number of hydrogen-bond acceptors (Lipinski definition) is 9. The highest BCUT2D eigenvalue weighted by Crippen LogP contribution is 2.54. The van der Waals surface area contributed by atoms with Crippen molar-refractivity contribution in [1.82, 2.24) is 10.2 Å². The van der Waals surface area contributed by atoms with E-state index in [9.17, 15) is 48.0 Å². The topological polar surface area (TPSA) is 173 Å². The predicted octanol–water partition coefficient (Wildman–Crippen LogP) is 3.29. The molecule has 0 heterocycles. The molecule has 1 fully saturated rings. The molecule has 4 rings (SSSR count). The molecular formula is C31H40F3N3O7. The number of hydrogen-bond donors (Lipinski definition) is 6. The minimum atomic E-state index is -4.91. The molecule has 0 radical (unpaired) electrons. The number of halogens is 3. The number of ketones is 2. The smallest absolute Gasteiger partial charge is 0.417 e. The summed E-state index contributed by atoms with van der Waals surface area (Å²) < 4.78 is 44.3. The number of benzene rings is 1. The van der Waals surface area contributed by atoms with E-state index in [-0.39, 0.29) is 23.9 Å². The number of alkyl halides is 3. The van der Waals surface area contributed by atoms with E-state index in [4.69, 9.17) is 5.73 Å². The fourth-order valence-corrected chi connectivity index (χ4v) is 7.60. The number of carbonyl (C=O) groups is 3. The number of primary amides is 1. The second kappa shape index (κ2) is 10.6. The minimum Gasteiger partial charge on any atom is -0.508 e. The van der Waals surface area contributed by atoms with Gasteiger partial charge in [-0.25, -0.2) is 0 Å². The molecule has 1 amide bonds. The fraction of sp³-hybridized carbons (Fsp3) is 0.581. The first-order valence-corrected chi connectivity index (χ1v) is 14.3. The van der Waals surface area contributed by atoms with E-state index in [1.165, 1.54) is 19.0 Å². The molecule has 0 bridgehead atoms. The summed E-state index contributed by atoms with van der Waals surface area (Å²) in [5, 5.41) is 48.0. The third-order valence-corrected chi connectivity index (χ3v) is 8.82. The van der Waals surface area contributed by atoms with E-state index in [1.54, 1.807) is 0 Å². The maximum atomic E-state index is 14.8. The number of fused-ring (bicyclic) bond motifs is 3. The van der Waals surface area contributed by atoms with E-state index in [0.717, 1.165) is 6.07 Å². The second-order valence-corrected chi connectivity index (χ2v) is 14.2. The molecule has 0 unspecified atom stereocenters. The van der Waals surface area contributed by atoms with Crippen molar-refractivity contribution >= 4 is 23.2 Å². The Bertz CT molecular complexity index is 1500. The first-order valence-electron chi connectivity index (χ1n) is 14.3. The van der Waals surface area contributed by atoms with Gasteiger partial charge in [0.15, 0.2) is 11.4 Å². The normalized spacial score (nSPS) is 26.1. The Morgan fingerprint density at radius 2 is 1.70 bits per heavy atom. The summed E-state index contributed by atoms with van der Waals surface area (Å²) in [5.41, 5.74) is -2.11. The molecule has 0 spiro atoms. The molecule has 13 heteroatoms. The summed E-state index contributed by atoms with van der Waals surface area (Å²) >= 11 is 0. The van der Waals surface area contributed by atoms with Crippen molar-refractivity contribution in [3.05, 3.63) is 45.2 Å². The lowest BCUT2D eigenvalue weighted by Gasteiger charge is -2.50. The molecule has 4 atom stereocenters. The van der Waals surface area contributed by atoms with Gasteiger partial charge in [-0.15, -0.1) is 0 Å². The molecule has 1 aromatic rings. The van der Waals surface area contributed by atoms with Crippen LogP contribution in [0, 0.1) is 17.3 Å². The Labute approximate surface area is 253 Å². The molecule has 3 aliphatic carbocycles. The lowest BCUT2D eigenvalue weighted by molar-refractivity contribution is -0.153. The number of nitrogens with two attached hydrogens (primary N) is 1. The van der Waals surface area contributed by atoms with Crippen LogP contribution in [0.3, 0.4) is 0 Å². The monoisotopic (exact) mass is 623 g/mol. The van der Waals surface area contributed by atoms with Crippen molar-refractivity contribution in [3.8, 4) is 5.75 Å². The van der Waals surface area contributed by atoms with Crippen molar-refractivity contribution in [1.29, 1.82) is 0 Å². The predicted molar refractivity (Wildman–Crippen MR) is 154 cm³/mol. The van der Waals surface area contributed by atoms with Crippen LogP contribution in [0.1, 0.15) is 69.7 Å². The minimum absolute atomic E-state index is 0.128. The van der Waals surface area contributed by atoms with Gasteiger partial charge in [0.2, 0.25) is 5.78 Å². The van der Waals surface area contributed by atoms with Crippen molar-refractivity contribution in [2.45, 2.75) is 83.8 Å². The van der Waals surface area contributed by atoms with E-state index in [0.29, 0.717) is 6.42 Å². The van der Waals surface area contributed by atoms with Crippen LogP contribution in [0.25, 0.3) is 5.76 Å². The first-order chi connectivity index (χ1) is 19.9. The van der Waals surface area contributed by atoms with Gasteiger partial charge >= 0.3 is 6.18 Å². The summed E-state index contributed by atoms with van der Waals surface area (Å²) in [6.07, 6.45) is -5.06. The summed E-state index contributed by atoms with van der Waals surface area (Å²) in [6, 6.07) is -0.447. The van der Waals surface area contributed by atoms with Crippen LogP contribution in [0.4, 0.5) is 13.2 Å². The second-order valence-electron chi connectivity index (χ2n) is 14.2. The van der Waals surface area contributed by atoms with Crippen molar-refractivity contribution < 1.29 is 48.0 Å². The molecule has 44 heavy (non-hydrogen) atoms. The van der Waals surface area contributed by atoms with E-state index >= 15 is 0 Å². The van der Waals surface area contributed by atoms with Gasteiger partial charge in [0.1, 0.15) is 22.8 Å². The number of nitrogens with zero attached hydrogens (tertiary/aromatic N) is 1. The third-order valence-electron chi connectivity index (χ3n) is 8.82. The van der Waals surface area contributed by atoms with E-state index < -0.39 is 104 Å². The van der Waals surface area contributed by atoms with Crippen LogP contribution in [0.5, 0.6) is 5.75 Å². The summed E-state index contributed by atoms with van der Waals surface area (Å²) in [4.78, 5) is 40.6. The molecule has 0 aromatic heterocycles. The number of phenolic OH excluding ortho intramolecular Hbond substituents is 1. The molecular weight excluding hydrogens is 583 g/mol. The van der Waals surface area contributed by atoms with Crippen LogP contribution >= 0.6 is 0 Å². The maximum absolute atomic E-state index is 14.8. The van der Waals surface area contributed by atoms with Gasteiger partial charge in [-0.05, 0) is 75.7 Å². The highest BCUT2D eigenvalue weighted by Gasteiger charge is 2.64. The molecule has 0 aliphatic heterocycles. The highest BCUT2D eigenvalue weighted by atomic mass is 19.4. The number of Topliss-reactive ketones (excluding diaryl/α,β-unsaturated/α-hetero) is 2. The summed E-state index contributed by atoms with van der Waals surface area (Å²) in [5.74, 6) is -9.09. The third kappa shape index (κ3) is 5.39. The molecule has 7 N–H and O–H groups in total. The van der Waals surface area contributed by atoms with Crippen LogP contribution in [0.2, 0.25) is 0 Å². The Kier molecular flexibility index (Phi) is 8.06. The number of likely N-dealkylation sites (N-methyl/N-ethyl adjacent to an activating group) is 1. The van der Waals surface area contributed by atoms with Gasteiger partial charge in [-0.2, -0.15) is 13.2 Å². The van der Waals surface area contributed by atoms with E-state index in [2.05, 4.69) is 5.32 Å². The van der Waals surface area contributed by atoms with Gasteiger partial charge < -0.3 is 31.5 Å². The van der Waals surface area contributed by atoms with E-state index in [1.807, 2.05) is 34.6 Å². The van der Waals surface area contributed by atoms with Gasteiger partial charge in [0.25, 0.3) is 5.91 Å². The quantitative estimate of drug-likeness (QED) is 0.260. The Morgan fingerprint density at radius 3 is 2.20 bits per heavy atom. The lowest BCUT2D eigenvalue weighted by atomic mass is 9.57. The van der Waals surface area contributed by atoms with Crippen LogP contribution in [-0.4, -0.2) is 74.1 Å². The van der Waals surface area contributed by atoms with Crippen LogP contribution < -0.4 is 11.1 Å². The van der Waals surface area contributed by atoms with Gasteiger partial charge in [0, 0.05) is 23.6 Å². The van der Waals surface area contributed by atoms with Gasteiger partial charge in [0.05, 0.1) is 17.2 Å². The molecule has 242 valence electrons. The number of aromatic hydroxyl groups is 1. The van der Waals surface area contributed by atoms with Crippen molar-refractivity contribution in [3.63, 3.8) is 0 Å². The Morgan fingerprint density at radius 1 is 1.11 bits per heavy atom. The summed E-state index contributed by atoms with van der Waals surface area (Å²) in [7, 11) is 2.88. The molecule has 10 nitrogen and oxygen atoms in total. The number of carbonyl (C=O) groups excluding carboxylic acids is 3. The van der Waals surface area contributed by atoms with Crippen LogP contribution in [0.15, 0.2) is 23.0 Å². The first kappa shape index (κ1) is 33.5. The number of aliphatic hydroxyl groups excluding tert-OH is 2. The Balaban J connectivity index is 1.91. The average Bonchev–Trinajstić information content (AvgIpc) is 2.82. The molecule has 1 saturated carbocycles. The Hall–Kier alpha value is -3.42. The maximum Gasteiger partial charge on any atom is 0.417 e.